The average molecular weight is 500 g/mol. The standard InChI is InChI=1S/C29H26FN3O4/c1-37-22-14-10-20(11-15-22)7-6-19-8-12-21(13-9-19)28-25-16-32(17-27(35)33(25)26(28)18-34)29(36)31-24-5-3-2-4-23(24)30/h2-5,8-15,25-26,28,34H,16-18H2,1H3,(H,31,36)/t25-,26+,28+/m0/s1. The van der Waals surface area contributed by atoms with E-state index in [-0.39, 0.29) is 49.3 Å². The lowest BCUT2D eigenvalue weighted by atomic mass is 9.73. The Hall–Kier alpha value is -4.35. The van der Waals surface area contributed by atoms with Crippen molar-refractivity contribution in [2.45, 2.75) is 18.0 Å². The summed E-state index contributed by atoms with van der Waals surface area (Å²) < 4.78 is 19.2. The van der Waals surface area contributed by atoms with E-state index in [0.717, 1.165) is 22.4 Å². The zero-order chi connectivity index (χ0) is 25.9. The van der Waals surface area contributed by atoms with Gasteiger partial charge in [0.25, 0.3) is 0 Å². The molecule has 8 heteroatoms. The topological polar surface area (TPSA) is 82.1 Å². The summed E-state index contributed by atoms with van der Waals surface area (Å²) in [7, 11) is 1.62. The Kier molecular flexibility index (Phi) is 6.80. The van der Waals surface area contributed by atoms with Crippen LogP contribution in [0.25, 0.3) is 0 Å². The van der Waals surface area contributed by atoms with Crippen molar-refractivity contribution in [3.8, 4) is 17.6 Å². The smallest absolute Gasteiger partial charge is 0.322 e. The summed E-state index contributed by atoms with van der Waals surface area (Å²) in [5.41, 5.74) is 2.72. The molecule has 2 heterocycles. The SMILES string of the molecule is COc1ccc(C#Cc2ccc([C@H]3[C@@H](CO)N4C(=O)CN(C(=O)Nc5ccccc5F)C[C@@H]34)cc2)cc1. The molecule has 3 aromatic carbocycles. The molecule has 0 radical (unpaired) electrons. The molecular weight excluding hydrogens is 473 g/mol. The van der Waals surface area contributed by atoms with E-state index in [1.807, 2.05) is 48.5 Å². The Bertz CT molecular complexity index is 1360. The molecule has 0 unspecified atom stereocenters. The van der Waals surface area contributed by atoms with Gasteiger partial charge in [0, 0.05) is 23.6 Å². The number of para-hydroxylation sites is 1. The number of hydrogen-bond donors (Lipinski definition) is 2. The van der Waals surface area contributed by atoms with E-state index in [1.165, 1.54) is 23.1 Å². The second-order valence-corrected chi connectivity index (χ2v) is 9.04. The summed E-state index contributed by atoms with van der Waals surface area (Å²) in [4.78, 5) is 28.7. The van der Waals surface area contributed by atoms with Gasteiger partial charge in [0.1, 0.15) is 18.1 Å². The molecule has 2 saturated heterocycles. The maximum Gasteiger partial charge on any atom is 0.322 e. The first kappa shape index (κ1) is 24.3. The fraction of sp³-hybridized carbons (Fsp3) is 0.241. The van der Waals surface area contributed by atoms with Crippen molar-refractivity contribution in [3.05, 3.63) is 95.3 Å². The molecule has 0 aromatic heterocycles. The lowest BCUT2D eigenvalue weighted by molar-refractivity contribution is -0.159. The Balaban J connectivity index is 1.30. The van der Waals surface area contributed by atoms with Crippen molar-refractivity contribution in [3.63, 3.8) is 0 Å². The molecule has 5 rings (SSSR count). The fourth-order valence-electron chi connectivity index (χ4n) is 5.02. The number of fused-ring (bicyclic) bond motifs is 1. The minimum Gasteiger partial charge on any atom is -0.497 e. The van der Waals surface area contributed by atoms with Gasteiger partial charge in [-0.2, -0.15) is 0 Å². The van der Waals surface area contributed by atoms with Gasteiger partial charge in [-0.15, -0.1) is 0 Å². The van der Waals surface area contributed by atoms with E-state index in [1.54, 1.807) is 18.1 Å². The third-order valence-corrected chi connectivity index (χ3v) is 6.89. The number of piperazine rings is 1. The molecule has 3 aromatic rings. The summed E-state index contributed by atoms with van der Waals surface area (Å²) in [5.74, 6) is 6.12. The van der Waals surface area contributed by atoms with Gasteiger partial charge >= 0.3 is 6.03 Å². The third kappa shape index (κ3) is 4.86. The zero-order valence-corrected chi connectivity index (χ0v) is 20.2. The van der Waals surface area contributed by atoms with Gasteiger partial charge in [-0.05, 0) is 54.1 Å². The van der Waals surface area contributed by atoms with Gasteiger partial charge in [0.2, 0.25) is 5.91 Å². The lowest BCUT2D eigenvalue weighted by Gasteiger charge is -2.58. The van der Waals surface area contributed by atoms with E-state index in [4.69, 9.17) is 4.74 Å². The first-order valence-electron chi connectivity index (χ1n) is 12.0. The van der Waals surface area contributed by atoms with Crippen LogP contribution in [0.4, 0.5) is 14.9 Å². The maximum atomic E-state index is 14.0. The lowest BCUT2D eigenvalue weighted by Crippen LogP contribution is -2.73. The van der Waals surface area contributed by atoms with Crippen molar-refractivity contribution in [1.29, 1.82) is 0 Å². The Morgan fingerprint density at radius 3 is 2.32 bits per heavy atom. The van der Waals surface area contributed by atoms with E-state index in [9.17, 15) is 19.1 Å². The quantitative estimate of drug-likeness (QED) is 0.539. The molecule has 188 valence electrons. The molecule has 2 aliphatic heterocycles. The average Bonchev–Trinajstić information content (AvgIpc) is 2.91. The molecular formula is C29H26FN3O4. The van der Waals surface area contributed by atoms with Crippen LogP contribution in [0.15, 0.2) is 72.8 Å². The highest BCUT2D eigenvalue weighted by molar-refractivity contribution is 5.94. The van der Waals surface area contributed by atoms with Crippen LogP contribution in [-0.4, -0.2) is 65.7 Å². The molecule has 2 N–H and O–H groups in total. The van der Waals surface area contributed by atoms with E-state index >= 15 is 0 Å². The van der Waals surface area contributed by atoms with Crippen LogP contribution in [0.1, 0.15) is 22.6 Å². The minimum atomic E-state index is -0.544. The highest BCUT2D eigenvalue weighted by atomic mass is 19.1. The van der Waals surface area contributed by atoms with Crippen molar-refractivity contribution in [2.75, 3.05) is 32.1 Å². The first-order chi connectivity index (χ1) is 18.0. The summed E-state index contributed by atoms with van der Waals surface area (Å²) in [6.45, 7) is -0.0144. The van der Waals surface area contributed by atoms with E-state index in [0.29, 0.717) is 0 Å². The van der Waals surface area contributed by atoms with Crippen LogP contribution in [-0.2, 0) is 4.79 Å². The summed E-state index contributed by atoms with van der Waals surface area (Å²) >= 11 is 0. The molecule has 3 atom stereocenters. The molecule has 0 bridgehead atoms. The number of rotatable bonds is 4. The van der Waals surface area contributed by atoms with Crippen molar-refractivity contribution >= 4 is 17.6 Å². The second kappa shape index (κ2) is 10.3. The number of urea groups is 1. The normalized spacial score (nSPS) is 20.3. The fourth-order valence-corrected chi connectivity index (χ4v) is 5.02. The van der Waals surface area contributed by atoms with Gasteiger partial charge in [0.05, 0.1) is 31.5 Å². The third-order valence-electron chi connectivity index (χ3n) is 6.89. The van der Waals surface area contributed by atoms with Gasteiger partial charge in [0.15, 0.2) is 0 Å². The van der Waals surface area contributed by atoms with Crippen LogP contribution in [0.3, 0.4) is 0 Å². The van der Waals surface area contributed by atoms with Gasteiger partial charge in [-0.1, -0.05) is 36.1 Å². The van der Waals surface area contributed by atoms with Crippen LogP contribution in [0.2, 0.25) is 0 Å². The Morgan fingerprint density at radius 1 is 1.05 bits per heavy atom. The number of aliphatic hydroxyl groups excluding tert-OH is 1. The molecule has 2 aliphatic rings. The number of anilines is 1. The Morgan fingerprint density at radius 2 is 1.70 bits per heavy atom. The summed E-state index contributed by atoms with van der Waals surface area (Å²) in [6.07, 6.45) is 0. The number of carbonyl (C=O) groups excluding carboxylic acids is 2. The number of nitrogens with one attached hydrogen (secondary N) is 1. The van der Waals surface area contributed by atoms with E-state index < -0.39 is 11.8 Å². The van der Waals surface area contributed by atoms with Crippen molar-refractivity contribution in [2.24, 2.45) is 0 Å². The predicted molar refractivity (Wildman–Crippen MR) is 137 cm³/mol. The second-order valence-electron chi connectivity index (χ2n) is 9.04. The molecule has 0 aliphatic carbocycles. The monoisotopic (exact) mass is 499 g/mol. The van der Waals surface area contributed by atoms with Crippen molar-refractivity contribution in [1.82, 2.24) is 9.80 Å². The van der Waals surface area contributed by atoms with Crippen LogP contribution < -0.4 is 10.1 Å². The van der Waals surface area contributed by atoms with Crippen LogP contribution in [0, 0.1) is 17.7 Å². The summed E-state index contributed by atoms with van der Waals surface area (Å²) in [6, 6.07) is 20.0. The molecule has 2 fully saturated rings. The number of benzene rings is 3. The van der Waals surface area contributed by atoms with Gasteiger partial charge in [-0.25, -0.2) is 9.18 Å². The molecule has 0 saturated carbocycles. The first-order valence-corrected chi connectivity index (χ1v) is 12.0. The number of carbonyl (C=O) groups is 2. The van der Waals surface area contributed by atoms with Gasteiger partial charge in [-0.3, -0.25) is 4.79 Å². The molecule has 0 spiro atoms. The number of ether oxygens (including phenoxy) is 1. The number of halogens is 1. The number of hydrogen-bond acceptors (Lipinski definition) is 4. The van der Waals surface area contributed by atoms with Crippen LogP contribution >= 0.6 is 0 Å². The predicted octanol–water partition coefficient (Wildman–Crippen LogP) is 3.44. The highest BCUT2D eigenvalue weighted by Gasteiger charge is 2.54. The zero-order valence-electron chi connectivity index (χ0n) is 20.2. The number of amides is 3. The number of methoxy groups -OCH3 is 1. The van der Waals surface area contributed by atoms with Gasteiger partial charge < -0.3 is 25.0 Å². The van der Waals surface area contributed by atoms with E-state index in [2.05, 4.69) is 17.2 Å². The van der Waals surface area contributed by atoms with Crippen molar-refractivity contribution < 1.29 is 23.8 Å². The molecule has 37 heavy (non-hydrogen) atoms. The Labute approximate surface area is 214 Å². The maximum absolute atomic E-state index is 14.0. The van der Waals surface area contributed by atoms with Crippen LogP contribution in [0.5, 0.6) is 5.75 Å². The highest BCUT2D eigenvalue weighted by Crippen LogP contribution is 2.43. The molecule has 3 amide bonds. The molecule has 7 nitrogen and oxygen atoms in total. The number of aliphatic hydroxyl groups is 1. The summed E-state index contributed by atoms with van der Waals surface area (Å²) in [5, 5.41) is 12.6. The number of nitrogens with zero attached hydrogens (tertiary/aromatic N) is 2. The minimum absolute atomic E-state index is 0.0621. The largest absolute Gasteiger partial charge is 0.497 e.